The van der Waals surface area contributed by atoms with E-state index in [9.17, 15) is 4.79 Å². The molecule has 2 aromatic rings. The number of ketones is 1. The summed E-state index contributed by atoms with van der Waals surface area (Å²) in [6.07, 6.45) is 1.40. The minimum absolute atomic E-state index is 0.222. The maximum atomic E-state index is 12.1. The van der Waals surface area contributed by atoms with Gasteiger partial charge < -0.3 is 0 Å². The topological polar surface area (TPSA) is 17.1 Å². The number of Topliss-reactive ketones (excluding diaryl/α,β-unsaturated/α-hetero) is 1. The van der Waals surface area contributed by atoms with Crippen LogP contribution in [0.3, 0.4) is 0 Å². The Morgan fingerprint density at radius 1 is 0.947 bits per heavy atom. The van der Waals surface area contributed by atoms with Crippen LogP contribution in [0.1, 0.15) is 39.0 Å². The van der Waals surface area contributed by atoms with Crippen LogP contribution in [0.15, 0.2) is 42.5 Å². The molecule has 0 aliphatic rings. The third kappa shape index (κ3) is 3.31. The second-order valence-corrected chi connectivity index (χ2v) is 5.17. The molecular weight excluding hydrogens is 232 g/mol. The van der Waals surface area contributed by atoms with E-state index in [1.807, 2.05) is 30.3 Å². The highest BCUT2D eigenvalue weighted by Gasteiger charge is 2.09. The van der Waals surface area contributed by atoms with Gasteiger partial charge in [-0.05, 0) is 43.9 Å². The van der Waals surface area contributed by atoms with Crippen LogP contribution in [0.2, 0.25) is 0 Å². The number of hydrogen-bond donors (Lipinski definition) is 0. The van der Waals surface area contributed by atoms with Crippen LogP contribution in [0, 0.1) is 20.8 Å². The minimum Gasteiger partial charge on any atom is -0.294 e. The molecule has 0 saturated heterocycles. The van der Waals surface area contributed by atoms with Crippen molar-refractivity contribution >= 4 is 5.78 Å². The molecule has 0 amide bonds. The Balaban J connectivity index is 2.10. The van der Waals surface area contributed by atoms with E-state index in [4.69, 9.17) is 0 Å². The van der Waals surface area contributed by atoms with Crippen molar-refractivity contribution in [3.8, 4) is 0 Å². The maximum absolute atomic E-state index is 12.1. The lowest BCUT2D eigenvalue weighted by atomic mass is 9.94. The van der Waals surface area contributed by atoms with Crippen molar-refractivity contribution in [2.24, 2.45) is 0 Å². The zero-order valence-electron chi connectivity index (χ0n) is 11.9. The molecule has 0 radical (unpaired) electrons. The smallest absolute Gasteiger partial charge is 0.163 e. The van der Waals surface area contributed by atoms with E-state index < -0.39 is 0 Å². The normalized spacial score (nSPS) is 10.5. The fourth-order valence-electron chi connectivity index (χ4n) is 2.61. The molecule has 0 spiro atoms. The second kappa shape index (κ2) is 5.83. The van der Waals surface area contributed by atoms with E-state index in [2.05, 4.69) is 32.9 Å². The first-order valence-corrected chi connectivity index (χ1v) is 6.73. The van der Waals surface area contributed by atoms with Crippen LogP contribution in [-0.2, 0) is 6.42 Å². The molecular formula is C18H20O. The lowest BCUT2D eigenvalue weighted by Gasteiger charge is -2.11. The van der Waals surface area contributed by atoms with Gasteiger partial charge in [-0.15, -0.1) is 0 Å². The third-order valence-corrected chi connectivity index (χ3v) is 3.54. The number of hydrogen-bond acceptors (Lipinski definition) is 1. The van der Waals surface area contributed by atoms with Gasteiger partial charge in [0.05, 0.1) is 0 Å². The standard InChI is InChI=1S/C18H20O/c1-13-11-14(2)17(15(3)12-13)9-10-18(19)16-7-5-4-6-8-16/h4-8,11-12H,9-10H2,1-3H3. The predicted octanol–water partition coefficient (Wildman–Crippen LogP) is 4.43. The Labute approximate surface area is 115 Å². The van der Waals surface area contributed by atoms with Gasteiger partial charge in [-0.1, -0.05) is 48.0 Å². The van der Waals surface area contributed by atoms with E-state index in [0.29, 0.717) is 6.42 Å². The quantitative estimate of drug-likeness (QED) is 0.736. The Morgan fingerprint density at radius 3 is 2.11 bits per heavy atom. The van der Waals surface area contributed by atoms with Gasteiger partial charge in [0, 0.05) is 12.0 Å². The average Bonchev–Trinajstić information content (AvgIpc) is 2.38. The summed E-state index contributed by atoms with van der Waals surface area (Å²) in [6, 6.07) is 13.9. The van der Waals surface area contributed by atoms with Gasteiger partial charge in [-0.25, -0.2) is 0 Å². The van der Waals surface area contributed by atoms with Crippen molar-refractivity contribution in [3.63, 3.8) is 0 Å². The molecule has 0 heterocycles. The van der Waals surface area contributed by atoms with Crippen LogP contribution in [0.25, 0.3) is 0 Å². The van der Waals surface area contributed by atoms with Crippen LogP contribution in [-0.4, -0.2) is 5.78 Å². The summed E-state index contributed by atoms with van der Waals surface area (Å²) < 4.78 is 0. The highest BCUT2D eigenvalue weighted by Crippen LogP contribution is 2.19. The number of carbonyl (C=O) groups is 1. The van der Waals surface area contributed by atoms with Crippen molar-refractivity contribution < 1.29 is 4.79 Å². The van der Waals surface area contributed by atoms with E-state index in [1.165, 1.54) is 22.3 Å². The number of aryl methyl sites for hydroxylation is 3. The minimum atomic E-state index is 0.222. The molecule has 98 valence electrons. The molecule has 0 aliphatic heterocycles. The molecule has 0 atom stereocenters. The number of benzene rings is 2. The molecule has 2 rings (SSSR count). The van der Waals surface area contributed by atoms with Crippen molar-refractivity contribution in [1.82, 2.24) is 0 Å². The molecule has 0 unspecified atom stereocenters. The number of rotatable bonds is 4. The third-order valence-electron chi connectivity index (χ3n) is 3.54. The first-order chi connectivity index (χ1) is 9.08. The Kier molecular flexibility index (Phi) is 4.16. The summed E-state index contributed by atoms with van der Waals surface area (Å²) in [5.41, 5.74) is 5.99. The summed E-state index contributed by atoms with van der Waals surface area (Å²) in [5.74, 6) is 0.222. The molecule has 0 aliphatic carbocycles. The van der Waals surface area contributed by atoms with E-state index in [1.54, 1.807) is 0 Å². The zero-order chi connectivity index (χ0) is 13.8. The van der Waals surface area contributed by atoms with Crippen molar-refractivity contribution in [2.75, 3.05) is 0 Å². The molecule has 0 N–H and O–H groups in total. The van der Waals surface area contributed by atoms with Gasteiger partial charge in [-0.2, -0.15) is 0 Å². The highest BCUT2D eigenvalue weighted by molar-refractivity contribution is 5.96. The predicted molar refractivity (Wildman–Crippen MR) is 79.7 cm³/mol. The SMILES string of the molecule is Cc1cc(C)c(CCC(=O)c2ccccc2)c(C)c1. The lowest BCUT2D eigenvalue weighted by Crippen LogP contribution is -2.03. The van der Waals surface area contributed by atoms with Gasteiger partial charge in [0.25, 0.3) is 0 Å². The van der Waals surface area contributed by atoms with Crippen molar-refractivity contribution in [3.05, 3.63) is 70.3 Å². The van der Waals surface area contributed by atoms with Gasteiger partial charge in [-0.3, -0.25) is 4.79 Å². The summed E-state index contributed by atoms with van der Waals surface area (Å²) >= 11 is 0. The second-order valence-electron chi connectivity index (χ2n) is 5.17. The van der Waals surface area contributed by atoms with Gasteiger partial charge >= 0.3 is 0 Å². The number of carbonyl (C=O) groups excluding carboxylic acids is 1. The molecule has 0 aromatic heterocycles. The summed E-state index contributed by atoms with van der Waals surface area (Å²) in [6.45, 7) is 6.36. The fourth-order valence-corrected chi connectivity index (χ4v) is 2.61. The fraction of sp³-hybridized carbons (Fsp3) is 0.278. The van der Waals surface area contributed by atoms with E-state index in [-0.39, 0.29) is 5.78 Å². The van der Waals surface area contributed by atoms with Gasteiger partial charge in [0.15, 0.2) is 5.78 Å². The molecule has 1 nitrogen and oxygen atoms in total. The molecule has 2 aromatic carbocycles. The van der Waals surface area contributed by atoms with Crippen LogP contribution < -0.4 is 0 Å². The maximum Gasteiger partial charge on any atom is 0.163 e. The average molecular weight is 252 g/mol. The van der Waals surface area contributed by atoms with Gasteiger partial charge in [0.1, 0.15) is 0 Å². The zero-order valence-corrected chi connectivity index (χ0v) is 11.9. The monoisotopic (exact) mass is 252 g/mol. The van der Waals surface area contributed by atoms with Crippen molar-refractivity contribution in [2.45, 2.75) is 33.6 Å². The molecule has 0 fully saturated rings. The Hall–Kier alpha value is -1.89. The summed E-state index contributed by atoms with van der Waals surface area (Å²) in [7, 11) is 0. The van der Waals surface area contributed by atoms with Gasteiger partial charge in [0.2, 0.25) is 0 Å². The highest BCUT2D eigenvalue weighted by atomic mass is 16.1. The first kappa shape index (κ1) is 13.5. The van der Waals surface area contributed by atoms with Crippen LogP contribution in [0.5, 0.6) is 0 Å². The molecule has 19 heavy (non-hydrogen) atoms. The molecule has 0 saturated carbocycles. The molecule has 0 bridgehead atoms. The Bertz CT molecular complexity index is 559. The Morgan fingerprint density at radius 2 is 1.53 bits per heavy atom. The summed E-state index contributed by atoms with van der Waals surface area (Å²) in [5, 5.41) is 0. The van der Waals surface area contributed by atoms with E-state index >= 15 is 0 Å². The van der Waals surface area contributed by atoms with Crippen molar-refractivity contribution in [1.29, 1.82) is 0 Å². The summed E-state index contributed by atoms with van der Waals surface area (Å²) in [4.78, 5) is 12.1. The van der Waals surface area contributed by atoms with Crippen LogP contribution in [0.4, 0.5) is 0 Å². The van der Waals surface area contributed by atoms with E-state index in [0.717, 1.165) is 12.0 Å². The van der Waals surface area contributed by atoms with Crippen LogP contribution >= 0.6 is 0 Å². The first-order valence-electron chi connectivity index (χ1n) is 6.73. The largest absolute Gasteiger partial charge is 0.294 e. The molecule has 1 heteroatoms. The lowest BCUT2D eigenvalue weighted by molar-refractivity contribution is 0.0983.